The van der Waals surface area contributed by atoms with Crippen LogP contribution >= 0.6 is 0 Å². The second kappa shape index (κ2) is 11.5. The Morgan fingerprint density at radius 2 is 1.64 bits per heavy atom. The van der Waals surface area contributed by atoms with E-state index < -0.39 is 11.6 Å². The highest BCUT2D eigenvalue weighted by Crippen LogP contribution is 2.32. The van der Waals surface area contributed by atoms with E-state index >= 15 is 0 Å². The van der Waals surface area contributed by atoms with Crippen LogP contribution in [0.15, 0.2) is 72.8 Å². The van der Waals surface area contributed by atoms with Gasteiger partial charge in [-0.1, -0.05) is 48.5 Å². The first-order chi connectivity index (χ1) is 18.6. The van der Waals surface area contributed by atoms with E-state index in [1.54, 1.807) is 28.9 Å². The maximum atomic E-state index is 14.2. The standard InChI is InChI=1S/C30H34N6O3/c1-6-30(4,5)32-29(39)28(24-12-8-7-11-20(24)2)36(23-17-15-22(16-18-23)31-21(3)37)27(38)19-35-26-14-10-9-13-25(26)33-34-35/h7-18,28H,6,19H2,1-5H3,(H,31,37)(H,32,39)/t28-/m1/s1. The normalized spacial score (nSPS) is 12.1. The summed E-state index contributed by atoms with van der Waals surface area (Å²) in [7, 11) is 0. The molecule has 9 heteroatoms. The minimum absolute atomic E-state index is 0.124. The van der Waals surface area contributed by atoms with Crippen molar-refractivity contribution in [1.29, 1.82) is 0 Å². The summed E-state index contributed by atoms with van der Waals surface area (Å²) < 4.78 is 1.54. The van der Waals surface area contributed by atoms with Crippen molar-refractivity contribution in [2.45, 2.75) is 59.2 Å². The lowest BCUT2D eigenvalue weighted by Gasteiger charge is -2.35. The average Bonchev–Trinajstić information content (AvgIpc) is 3.30. The van der Waals surface area contributed by atoms with Gasteiger partial charge in [-0.2, -0.15) is 0 Å². The van der Waals surface area contributed by atoms with Gasteiger partial charge in [0.2, 0.25) is 17.7 Å². The predicted molar refractivity (Wildman–Crippen MR) is 152 cm³/mol. The van der Waals surface area contributed by atoms with Crippen molar-refractivity contribution in [1.82, 2.24) is 20.3 Å². The van der Waals surface area contributed by atoms with Gasteiger partial charge < -0.3 is 10.6 Å². The van der Waals surface area contributed by atoms with Gasteiger partial charge in [-0.25, -0.2) is 4.68 Å². The van der Waals surface area contributed by atoms with E-state index in [-0.39, 0.29) is 24.3 Å². The Kier molecular flexibility index (Phi) is 8.09. The number of fused-ring (bicyclic) bond motifs is 1. The number of aromatic nitrogens is 3. The van der Waals surface area contributed by atoms with E-state index in [1.807, 2.05) is 76.2 Å². The van der Waals surface area contributed by atoms with Gasteiger partial charge >= 0.3 is 0 Å². The summed E-state index contributed by atoms with van der Waals surface area (Å²) in [6, 6.07) is 20.9. The number of anilines is 2. The van der Waals surface area contributed by atoms with E-state index in [2.05, 4.69) is 20.9 Å². The smallest absolute Gasteiger partial charge is 0.249 e. The first kappa shape index (κ1) is 27.5. The third-order valence-electron chi connectivity index (χ3n) is 6.77. The second-order valence-electron chi connectivity index (χ2n) is 10.2. The summed E-state index contributed by atoms with van der Waals surface area (Å²) in [5.41, 5.74) is 3.60. The molecule has 2 N–H and O–H groups in total. The maximum Gasteiger partial charge on any atom is 0.249 e. The third kappa shape index (κ3) is 6.31. The van der Waals surface area contributed by atoms with Gasteiger partial charge in [0.05, 0.1) is 5.52 Å². The highest BCUT2D eigenvalue weighted by Gasteiger charge is 2.36. The minimum Gasteiger partial charge on any atom is -0.349 e. The Morgan fingerprint density at radius 1 is 0.974 bits per heavy atom. The van der Waals surface area contributed by atoms with Crippen LogP contribution in [0, 0.1) is 6.92 Å². The summed E-state index contributed by atoms with van der Waals surface area (Å²) in [4.78, 5) is 41.3. The molecule has 0 unspecified atom stereocenters. The molecular weight excluding hydrogens is 492 g/mol. The summed E-state index contributed by atoms with van der Waals surface area (Å²) in [5.74, 6) is -0.831. The fourth-order valence-electron chi connectivity index (χ4n) is 4.37. The highest BCUT2D eigenvalue weighted by molar-refractivity contribution is 6.02. The third-order valence-corrected chi connectivity index (χ3v) is 6.77. The zero-order valence-corrected chi connectivity index (χ0v) is 22.9. The number of hydrogen-bond donors (Lipinski definition) is 2. The number of amides is 3. The van der Waals surface area contributed by atoms with Crippen LogP contribution in [0.25, 0.3) is 11.0 Å². The van der Waals surface area contributed by atoms with Crippen molar-refractivity contribution in [3.63, 3.8) is 0 Å². The van der Waals surface area contributed by atoms with Gasteiger partial charge in [-0.3, -0.25) is 19.3 Å². The topological polar surface area (TPSA) is 109 Å². The van der Waals surface area contributed by atoms with E-state index in [0.717, 1.165) is 11.1 Å². The average molecular weight is 527 g/mol. The van der Waals surface area contributed by atoms with Gasteiger partial charge in [-0.05, 0) is 74.7 Å². The predicted octanol–water partition coefficient (Wildman–Crippen LogP) is 4.78. The molecule has 0 aliphatic carbocycles. The van der Waals surface area contributed by atoms with E-state index in [0.29, 0.717) is 28.9 Å². The van der Waals surface area contributed by atoms with E-state index in [4.69, 9.17) is 0 Å². The number of benzene rings is 3. The van der Waals surface area contributed by atoms with Crippen LogP contribution in [-0.4, -0.2) is 38.3 Å². The molecule has 0 saturated carbocycles. The molecule has 3 aromatic carbocycles. The molecule has 1 heterocycles. The molecule has 1 atom stereocenters. The Balaban J connectivity index is 1.83. The highest BCUT2D eigenvalue weighted by atomic mass is 16.2. The van der Waals surface area contributed by atoms with Crippen molar-refractivity contribution < 1.29 is 14.4 Å². The molecule has 4 aromatic rings. The molecule has 9 nitrogen and oxygen atoms in total. The van der Waals surface area contributed by atoms with Crippen molar-refractivity contribution in [3.05, 3.63) is 83.9 Å². The molecule has 4 rings (SSSR count). The Morgan fingerprint density at radius 3 is 2.31 bits per heavy atom. The quantitative estimate of drug-likeness (QED) is 0.326. The Bertz CT molecular complexity index is 1490. The molecular formula is C30H34N6O3. The largest absolute Gasteiger partial charge is 0.349 e. The van der Waals surface area contributed by atoms with E-state index in [9.17, 15) is 14.4 Å². The van der Waals surface area contributed by atoms with Gasteiger partial charge in [0.25, 0.3) is 0 Å². The van der Waals surface area contributed by atoms with Gasteiger partial charge in [0.1, 0.15) is 18.1 Å². The van der Waals surface area contributed by atoms with Crippen LogP contribution in [0.1, 0.15) is 51.3 Å². The molecule has 0 bridgehead atoms. The maximum absolute atomic E-state index is 14.2. The van der Waals surface area contributed by atoms with Crippen molar-refractivity contribution in [2.75, 3.05) is 10.2 Å². The lowest BCUT2D eigenvalue weighted by atomic mass is 9.95. The number of para-hydroxylation sites is 1. The fraction of sp³-hybridized carbons (Fsp3) is 0.300. The van der Waals surface area contributed by atoms with Crippen LogP contribution in [0.3, 0.4) is 0 Å². The van der Waals surface area contributed by atoms with Crippen LogP contribution < -0.4 is 15.5 Å². The summed E-state index contributed by atoms with van der Waals surface area (Å²) in [5, 5.41) is 14.3. The molecule has 202 valence electrons. The van der Waals surface area contributed by atoms with Crippen molar-refractivity contribution in [2.24, 2.45) is 0 Å². The number of hydrogen-bond acceptors (Lipinski definition) is 5. The monoisotopic (exact) mass is 526 g/mol. The van der Waals surface area contributed by atoms with Crippen LogP contribution in [-0.2, 0) is 20.9 Å². The lowest BCUT2D eigenvalue weighted by molar-refractivity contribution is -0.128. The summed E-state index contributed by atoms with van der Waals surface area (Å²) in [6.07, 6.45) is 0.712. The van der Waals surface area contributed by atoms with E-state index in [1.165, 1.54) is 11.8 Å². The number of carbonyl (C=O) groups is 3. The van der Waals surface area contributed by atoms with Crippen molar-refractivity contribution in [3.8, 4) is 0 Å². The molecule has 0 saturated heterocycles. The number of aryl methyl sites for hydroxylation is 1. The number of nitrogens with zero attached hydrogens (tertiary/aromatic N) is 4. The molecule has 0 aliphatic heterocycles. The first-order valence-electron chi connectivity index (χ1n) is 12.9. The fourth-order valence-corrected chi connectivity index (χ4v) is 4.37. The zero-order valence-electron chi connectivity index (χ0n) is 22.9. The first-order valence-corrected chi connectivity index (χ1v) is 12.9. The van der Waals surface area contributed by atoms with Gasteiger partial charge in [-0.15, -0.1) is 5.10 Å². The Labute approximate surface area is 228 Å². The van der Waals surface area contributed by atoms with Crippen LogP contribution in [0.5, 0.6) is 0 Å². The minimum atomic E-state index is -0.953. The SMILES string of the molecule is CCC(C)(C)NC(=O)[C@@H](c1ccccc1C)N(C(=O)Cn1nnc2ccccc21)c1ccc(NC(C)=O)cc1. The molecule has 39 heavy (non-hydrogen) atoms. The zero-order chi connectivity index (χ0) is 28.2. The number of carbonyl (C=O) groups excluding carboxylic acids is 3. The number of nitrogens with one attached hydrogen (secondary N) is 2. The summed E-state index contributed by atoms with van der Waals surface area (Å²) in [6.45, 7) is 9.14. The molecule has 0 spiro atoms. The molecule has 1 aromatic heterocycles. The van der Waals surface area contributed by atoms with Gasteiger partial charge in [0.15, 0.2) is 0 Å². The lowest BCUT2D eigenvalue weighted by Crippen LogP contribution is -2.51. The molecule has 0 fully saturated rings. The molecule has 3 amide bonds. The van der Waals surface area contributed by atoms with Crippen LogP contribution in [0.2, 0.25) is 0 Å². The Hall–Kier alpha value is -4.53. The van der Waals surface area contributed by atoms with Gasteiger partial charge in [0, 0.05) is 23.8 Å². The second-order valence-corrected chi connectivity index (χ2v) is 10.2. The van der Waals surface area contributed by atoms with Crippen LogP contribution in [0.4, 0.5) is 11.4 Å². The summed E-state index contributed by atoms with van der Waals surface area (Å²) >= 11 is 0. The molecule has 0 aliphatic rings. The number of rotatable bonds is 9. The molecule has 0 radical (unpaired) electrons. The van der Waals surface area contributed by atoms with Crippen molar-refractivity contribution >= 4 is 40.1 Å².